The van der Waals surface area contributed by atoms with Crippen molar-refractivity contribution in [2.45, 2.75) is 19.1 Å². The van der Waals surface area contributed by atoms with Gasteiger partial charge in [0.15, 0.2) is 11.5 Å². The summed E-state index contributed by atoms with van der Waals surface area (Å²) in [5, 5.41) is 0.341. The molecule has 100 valence electrons. The number of fused-ring (bicyclic) bond motifs is 1. The van der Waals surface area contributed by atoms with Crippen LogP contribution in [0.2, 0.25) is 5.02 Å². The quantitative estimate of drug-likeness (QED) is 0.788. The summed E-state index contributed by atoms with van der Waals surface area (Å²) in [6.45, 7) is 2.81. The van der Waals surface area contributed by atoms with Gasteiger partial charge in [0.1, 0.15) is 0 Å². The van der Waals surface area contributed by atoms with Gasteiger partial charge in [-0.1, -0.05) is 11.6 Å². The second-order valence-corrected chi connectivity index (χ2v) is 7.22. The van der Waals surface area contributed by atoms with Crippen LogP contribution in [-0.2, 0) is 14.8 Å². The van der Waals surface area contributed by atoms with E-state index in [1.54, 1.807) is 13.0 Å². The summed E-state index contributed by atoms with van der Waals surface area (Å²) in [4.78, 5) is 0. The van der Waals surface area contributed by atoms with Crippen molar-refractivity contribution < 1.29 is 17.9 Å². The van der Waals surface area contributed by atoms with Gasteiger partial charge in [-0.25, -0.2) is 8.42 Å². The smallest absolute Gasteiger partial charge is 0.236 e. The standard InChI is InChI=1S/C11H12Cl2O4S/c1-7-8(6-18(13,14)15)5-9(12)11-10(7)16-3-2-4-17-11/h5H,2-4,6H2,1H3. The van der Waals surface area contributed by atoms with Gasteiger partial charge < -0.3 is 9.47 Å². The molecule has 0 saturated heterocycles. The predicted octanol–water partition coefficient (Wildman–Crippen LogP) is 2.88. The molecule has 0 unspecified atom stereocenters. The SMILES string of the molecule is Cc1c(CS(=O)(=O)Cl)cc(Cl)c2c1OCCCO2. The maximum absolute atomic E-state index is 11.2. The van der Waals surface area contributed by atoms with Crippen molar-refractivity contribution in [2.75, 3.05) is 13.2 Å². The van der Waals surface area contributed by atoms with Crippen molar-refractivity contribution in [3.8, 4) is 11.5 Å². The minimum absolute atomic E-state index is 0.281. The van der Waals surface area contributed by atoms with Crippen LogP contribution >= 0.6 is 22.3 Å². The second kappa shape index (κ2) is 5.15. The first-order valence-corrected chi connectivity index (χ1v) is 8.24. The molecular weight excluding hydrogens is 299 g/mol. The zero-order valence-corrected chi connectivity index (χ0v) is 12.0. The number of ether oxygens (including phenoxy) is 2. The first-order chi connectivity index (χ1) is 8.38. The Labute approximate surface area is 115 Å². The topological polar surface area (TPSA) is 52.6 Å². The van der Waals surface area contributed by atoms with Crippen molar-refractivity contribution in [3.05, 3.63) is 22.2 Å². The first-order valence-electron chi connectivity index (χ1n) is 5.38. The van der Waals surface area contributed by atoms with E-state index in [-0.39, 0.29) is 5.75 Å². The molecule has 1 aliphatic rings. The number of halogens is 2. The molecule has 1 aliphatic heterocycles. The second-order valence-electron chi connectivity index (χ2n) is 4.03. The van der Waals surface area contributed by atoms with Gasteiger partial charge in [-0.05, 0) is 24.1 Å². The third-order valence-electron chi connectivity index (χ3n) is 2.66. The van der Waals surface area contributed by atoms with Gasteiger partial charge in [0.25, 0.3) is 0 Å². The Bertz CT molecular complexity index is 569. The molecule has 1 aromatic carbocycles. The summed E-state index contributed by atoms with van der Waals surface area (Å²) in [5.74, 6) is 0.703. The van der Waals surface area contributed by atoms with Crippen LogP contribution in [0.3, 0.4) is 0 Å². The van der Waals surface area contributed by atoms with E-state index in [1.165, 1.54) is 0 Å². The van der Waals surface area contributed by atoms with Crippen molar-refractivity contribution in [1.29, 1.82) is 0 Å². The Morgan fingerprint density at radius 3 is 2.50 bits per heavy atom. The number of hydrogen-bond donors (Lipinski definition) is 0. The molecule has 7 heteroatoms. The fourth-order valence-corrected chi connectivity index (χ4v) is 3.10. The third kappa shape index (κ3) is 3.02. The lowest BCUT2D eigenvalue weighted by atomic mass is 10.1. The molecule has 0 aromatic heterocycles. The van der Waals surface area contributed by atoms with Gasteiger partial charge in [-0.15, -0.1) is 0 Å². The van der Waals surface area contributed by atoms with Gasteiger partial charge in [-0.3, -0.25) is 0 Å². The maximum atomic E-state index is 11.2. The molecule has 0 fully saturated rings. The molecule has 0 atom stereocenters. The fourth-order valence-electron chi connectivity index (χ4n) is 1.80. The molecule has 0 amide bonds. The van der Waals surface area contributed by atoms with Gasteiger partial charge in [0.2, 0.25) is 9.05 Å². The minimum Gasteiger partial charge on any atom is -0.489 e. The van der Waals surface area contributed by atoms with Crippen molar-refractivity contribution in [1.82, 2.24) is 0 Å². The van der Waals surface area contributed by atoms with Crippen molar-refractivity contribution in [2.24, 2.45) is 0 Å². The van der Waals surface area contributed by atoms with E-state index in [2.05, 4.69) is 0 Å². The molecule has 4 nitrogen and oxygen atoms in total. The van der Waals surface area contributed by atoms with Crippen molar-refractivity contribution in [3.63, 3.8) is 0 Å². The Morgan fingerprint density at radius 2 is 1.89 bits per heavy atom. The van der Waals surface area contributed by atoms with Crippen LogP contribution in [0.1, 0.15) is 17.5 Å². The van der Waals surface area contributed by atoms with Crippen LogP contribution in [0.4, 0.5) is 0 Å². The summed E-state index contributed by atoms with van der Waals surface area (Å²) >= 11 is 6.08. The van der Waals surface area contributed by atoms with Crippen LogP contribution in [0, 0.1) is 6.92 Å². The molecule has 0 radical (unpaired) electrons. The van der Waals surface area contributed by atoms with E-state index in [1.807, 2.05) is 0 Å². The van der Waals surface area contributed by atoms with E-state index < -0.39 is 9.05 Å². The summed E-state index contributed by atoms with van der Waals surface area (Å²) in [6.07, 6.45) is 0.758. The number of benzene rings is 1. The van der Waals surface area contributed by atoms with Crippen molar-refractivity contribution >= 4 is 31.3 Å². The molecular formula is C11H12Cl2O4S. The van der Waals surface area contributed by atoms with Crippen LogP contribution in [0.15, 0.2) is 6.07 Å². The van der Waals surface area contributed by atoms with Crippen LogP contribution in [0.25, 0.3) is 0 Å². The van der Waals surface area contributed by atoms with E-state index >= 15 is 0 Å². The number of hydrogen-bond acceptors (Lipinski definition) is 4. The summed E-state index contributed by atoms with van der Waals surface area (Å²) in [5.41, 5.74) is 1.22. The lowest BCUT2D eigenvalue weighted by molar-refractivity contribution is 0.296. The molecule has 0 aliphatic carbocycles. The largest absolute Gasteiger partial charge is 0.489 e. The lowest BCUT2D eigenvalue weighted by Gasteiger charge is -2.15. The van der Waals surface area contributed by atoms with E-state index in [0.29, 0.717) is 40.9 Å². The van der Waals surface area contributed by atoms with Gasteiger partial charge in [-0.2, -0.15) is 0 Å². The van der Waals surface area contributed by atoms with E-state index in [9.17, 15) is 8.42 Å². The zero-order chi connectivity index (χ0) is 13.3. The first kappa shape index (κ1) is 13.8. The summed E-state index contributed by atoms with van der Waals surface area (Å²) < 4.78 is 33.4. The lowest BCUT2D eigenvalue weighted by Crippen LogP contribution is -2.02. The molecule has 1 heterocycles. The predicted molar refractivity (Wildman–Crippen MR) is 70.3 cm³/mol. The highest BCUT2D eigenvalue weighted by atomic mass is 35.7. The number of rotatable bonds is 2. The van der Waals surface area contributed by atoms with Crippen LogP contribution in [0.5, 0.6) is 11.5 Å². The molecule has 2 rings (SSSR count). The molecule has 0 N–H and O–H groups in total. The fraction of sp³-hybridized carbons (Fsp3) is 0.455. The zero-order valence-electron chi connectivity index (χ0n) is 9.70. The highest BCUT2D eigenvalue weighted by Gasteiger charge is 2.21. The van der Waals surface area contributed by atoms with Crippen LogP contribution < -0.4 is 9.47 Å². The summed E-state index contributed by atoms with van der Waals surface area (Å²) in [6, 6.07) is 1.56. The van der Waals surface area contributed by atoms with E-state index in [0.717, 1.165) is 6.42 Å². The van der Waals surface area contributed by atoms with E-state index in [4.69, 9.17) is 31.8 Å². The average Bonchev–Trinajstić information content (AvgIpc) is 2.49. The molecule has 18 heavy (non-hydrogen) atoms. The summed E-state index contributed by atoms with van der Waals surface area (Å²) in [7, 11) is 1.63. The highest BCUT2D eigenvalue weighted by Crippen LogP contribution is 2.41. The van der Waals surface area contributed by atoms with Gasteiger partial charge >= 0.3 is 0 Å². The average molecular weight is 311 g/mol. The molecule has 1 aromatic rings. The molecule has 0 bridgehead atoms. The molecule has 0 saturated carbocycles. The Morgan fingerprint density at radius 1 is 1.28 bits per heavy atom. The Balaban J connectivity index is 2.52. The third-order valence-corrected chi connectivity index (χ3v) is 3.92. The monoisotopic (exact) mass is 310 g/mol. The van der Waals surface area contributed by atoms with Crippen LogP contribution in [-0.4, -0.2) is 21.6 Å². The minimum atomic E-state index is -3.63. The highest BCUT2D eigenvalue weighted by molar-refractivity contribution is 8.13. The Kier molecular flexibility index (Phi) is 3.94. The maximum Gasteiger partial charge on any atom is 0.236 e. The Hall–Kier alpha value is -0.650. The van der Waals surface area contributed by atoms with Gasteiger partial charge in [0, 0.05) is 17.1 Å². The normalized spacial score (nSPS) is 15.3. The molecule has 0 spiro atoms. The van der Waals surface area contributed by atoms with Gasteiger partial charge in [0.05, 0.1) is 24.0 Å².